The first-order valence-electron chi connectivity index (χ1n) is 12.3. The zero-order chi connectivity index (χ0) is 27.0. The fraction of sp³-hybridized carbons (Fsp3) is 0.385. The summed E-state index contributed by atoms with van der Waals surface area (Å²) in [6.45, 7) is 2.83. The van der Waals surface area contributed by atoms with Crippen LogP contribution < -0.4 is 10.4 Å². The number of pyridine rings is 1. The van der Waals surface area contributed by atoms with Crippen molar-refractivity contribution in [3.63, 3.8) is 0 Å². The van der Waals surface area contributed by atoms with Crippen LogP contribution in [0.5, 0.6) is 5.75 Å². The van der Waals surface area contributed by atoms with Gasteiger partial charge in [0.25, 0.3) is 5.91 Å². The molecule has 0 spiro atoms. The second-order valence-electron chi connectivity index (χ2n) is 9.47. The summed E-state index contributed by atoms with van der Waals surface area (Å²) in [5, 5.41) is 16.5. The molecule has 12 heteroatoms. The highest BCUT2D eigenvalue weighted by atomic mass is 19.1. The third-order valence-electron chi connectivity index (χ3n) is 6.70. The molecule has 0 saturated carbocycles. The van der Waals surface area contributed by atoms with E-state index < -0.39 is 34.5 Å². The first-order valence-corrected chi connectivity index (χ1v) is 12.3. The van der Waals surface area contributed by atoms with E-state index in [0.29, 0.717) is 18.1 Å². The number of ether oxygens (including phenoxy) is 1. The van der Waals surface area contributed by atoms with Crippen molar-refractivity contribution in [2.24, 2.45) is 0 Å². The number of ketones is 1. The van der Waals surface area contributed by atoms with Gasteiger partial charge >= 0.3 is 0 Å². The highest BCUT2D eigenvalue weighted by Crippen LogP contribution is 2.25. The van der Waals surface area contributed by atoms with Gasteiger partial charge in [-0.25, -0.2) is 8.78 Å². The first-order chi connectivity index (χ1) is 18.2. The molecule has 3 aromatic rings. The number of benzene rings is 1. The second kappa shape index (κ2) is 10.4. The molecule has 2 aromatic heterocycles. The lowest BCUT2D eigenvalue weighted by Crippen LogP contribution is -2.55. The van der Waals surface area contributed by atoms with Gasteiger partial charge in [-0.2, -0.15) is 0 Å². The molecule has 0 aliphatic carbocycles. The van der Waals surface area contributed by atoms with Gasteiger partial charge in [-0.3, -0.25) is 24.1 Å². The Hall–Kier alpha value is -4.06. The fourth-order valence-corrected chi connectivity index (χ4v) is 4.78. The molecule has 1 aromatic carbocycles. The van der Waals surface area contributed by atoms with Crippen LogP contribution in [-0.2, 0) is 17.7 Å². The number of rotatable bonds is 8. The summed E-state index contributed by atoms with van der Waals surface area (Å²) in [4.78, 5) is 40.9. The predicted octanol–water partition coefficient (Wildman–Crippen LogP) is 2.67. The molecule has 4 heterocycles. The van der Waals surface area contributed by atoms with Gasteiger partial charge in [-0.05, 0) is 37.8 Å². The average molecular weight is 529 g/mol. The lowest BCUT2D eigenvalue weighted by Gasteiger charge is -2.40. The molecule has 38 heavy (non-hydrogen) atoms. The predicted molar refractivity (Wildman–Crippen MR) is 129 cm³/mol. The number of Topliss-reactive ketones (excluding diaryl/α,β-unsaturated/α-hetero) is 1. The number of fused-ring (bicyclic) bond motifs is 1. The number of amides is 1. The molecule has 200 valence electrons. The molecular formula is C26H26F2N4O6. The number of carbonyl (C=O) groups is 2. The monoisotopic (exact) mass is 528 g/mol. The van der Waals surface area contributed by atoms with Gasteiger partial charge in [0.15, 0.2) is 17.2 Å². The van der Waals surface area contributed by atoms with E-state index in [1.54, 1.807) is 18.0 Å². The highest BCUT2D eigenvalue weighted by molar-refractivity contribution is 6.00. The summed E-state index contributed by atoms with van der Waals surface area (Å²) in [6.07, 6.45) is 2.37. The minimum Gasteiger partial charge on any atom is -0.502 e. The summed E-state index contributed by atoms with van der Waals surface area (Å²) >= 11 is 0. The Kier molecular flexibility index (Phi) is 6.98. The standard InChI is InChI=1S/C26H26F2N4O6/c1-15-9-18(29-38-15)11-31-14-30(12-19-3-2-8-37-19)26(36)23-25(35)24(34)20(13-32(23)31)22(33)7-5-16-4-6-17(27)10-21(16)28/h4,6,9-10,13,19,35H,2-3,5,7-8,11-12,14H2,1H3. The number of hydrogen-bond donors (Lipinski definition) is 1. The van der Waals surface area contributed by atoms with E-state index >= 15 is 0 Å². The number of hydrogen-bond acceptors (Lipinski definition) is 8. The number of aromatic nitrogens is 2. The molecule has 0 bridgehead atoms. The Morgan fingerprint density at radius 2 is 2.05 bits per heavy atom. The summed E-state index contributed by atoms with van der Waals surface area (Å²) in [7, 11) is 0. The topological polar surface area (TPSA) is 118 Å². The van der Waals surface area contributed by atoms with Crippen molar-refractivity contribution in [3.05, 3.63) is 80.6 Å². The van der Waals surface area contributed by atoms with Crippen LogP contribution in [0.4, 0.5) is 8.78 Å². The first kappa shape index (κ1) is 25.6. The number of carbonyl (C=O) groups excluding carboxylic acids is 2. The van der Waals surface area contributed by atoms with Crippen LogP contribution in [-0.4, -0.2) is 57.5 Å². The molecule has 2 aliphatic heterocycles. The van der Waals surface area contributed by atoms with Crippen LogP contribution in [0.3, 0.4) is 0 Å². The quantitative estimate of drug-likeness (QED) is 0.444. The molecule has 1 unspecified atom stereocenters. The molecule has 1 atom stereocenters. The molecule has 1 amide bonds. The van der Waals surface area contributed by atoms with Crippen molar-refractivity contribution in [3.8, 4) is 5.75 Å². The molecule has 1 N–H and O–H groups in total. The highest BCUT2D eigenvalue weighted by Gasteiger charge is 2.36. The van der Waals surface area contributed by atoms with Crippen molar-refractivity contribution in [1.29, 1.82) is 0 Å². The molecule has 1 fully saturated rings. The Morgan fingerprint density at radius 1 is 1.24 bits per heavy atom. The van der Waals surface area contributed by atoms with Gasteiger partial charge < -0.3 is 19.3 Å². The van der Waals surface area contributed by atoms with E-state index in [9.17, 15) is 28.3 Å². The van der Waals surface area contributed by atoms with Crippen LogP contribution in [0.2, 0.25) is 0 Å². The van der Waals surface area contributed by atoms with Crippen molar-refractivity contribution in [1.82, 2.24) is 14.7 Å². The summed E-state index contributed by atoms with van der Waals surface area (Å²) in [6, 6.07) is 4.75. The average Bonchev–Trinajstić information content (AvgIpc) is 3.54. The van der Waals surface area contributed by atoms with Gasteiger partial charge in [-0.15, -0.1) is 0 Å². The van der Waals surface area contributed by atoms with Crippen LogP contribution in [0.15, 0.2) is 39.8 Å². The Labute approximate surface area is 216 Å². The molecule has 5 rings (SSSR count). The Bertz CT molecular complexity index is 1450. The second-order valence-corrected chi connectivity index (χ2v) is 9.47. The van der Waals surface area contributed by atoms with Crippen molar-refractivity contribution in [2.75, 3.05) is 24.8 Å². The van der Waals surface area contributed by atoms with E-state index in [-0.39, 0.29) is 55.5 Å². The van der Waals surface area contributed by atoms with E-state index in [1.165, 1.54) is 21.8 Å². The third kappa shape index (κ3) is 5.03. The number of nitrogens with zero attached hydrogens (tertiary/aromatic N) is 4. The van der Waals surface area contributed by atoms with E-state index in [4.69, 9.17) is 9.26 Å². The van der Waals surface area contributed by atoms with Crippen LogP contribution >= 0.6 is 0 Å². The van der Waals surface area contributed by atoms with Gasteiger partial charge in [-0.1, -0.05) is 11.2 Å². The minimum absolute atomic E-state index is 0.0777. The van der Waals surface area contributed by atoms with E-state index in [0.717, 1.165) is 25.0 Å². The van der Waals surface area contributed by atoms with E-state index in [1.807, 2.05) is 0 Å². The van der Waals surface area contributed by atoms with Crippen LogP contribution in [0.25, 0.3) is 0 Å². The van der Waals surface area contributed by atoms with Crippen LogP contribution in [0, 0.1) is 18.6 Å². The summed E-state index contributed by atoms with van der Waals surface area (Å²) in [5.74, 6) is -3.04. The Balaban J connectivity index is 1.47. The molecule has 2 aliphatic rings. The molecular weight excluding hydrogens is 502 g/mol. The number of halogens is 2. The zero-order valence-corrected chi connectivity index (χ0v) is 20.7. The van der Waals surface area contributed by atoms with Gasteiger partial charge in [0.2, 0.25) is 5.43 Å². The van der Waals surface area contributed by atoms with Crippen molar-refractivity contribution in [2.45, 2.75) is 45.3 Å². The largest absolute Gasteiger partial charge is 0.502 e. The lowest BCUT2D eigenvalue weighted by molar-refractivity contribution is 0.0454. The SMILES string of the molecule is Cc1cc(CN2CN(CC3CCCO3)C(=O)c3c(O)c(=O)c(C(=O)CCc4ccc(F)cc4F)cn32)no1. The smallest absolute Gasteiger partial charge is 0.277 e. The fourth-order valence-electron chi connectivity index (χ4n) is 4.78. The summed E-state index contributed by atoms with van der Waals surface area (Å²) < 4.78 is 39.3. The lowest BCUT2D eigenvalue weighted by atomic mass is 10.0. The van der Waals surface area contributed by atoms with Crippen LogP contribution in [0.1, 0.15) is 57.1 Å². The van der Waals surface area contributed by atoms with Gasteiger partial charge in [0, 0.05) is 37.9 Å². The normalized spacial score (nSPS) is 17.2. The maximum atomic E-state index is 14.0. The molecule has 0 radical (unpaired) electrons. The molecule has 10 nitrogen and oxygen atoms in total. The third-order valence-corrected chi connectivity index (χ3v) is 6.70. The van der Waals surface area contributed by atoms with Crippen molar-refractivity contribution >= 4 is 11.7 Å². The number of aryl methyl sites for hydroxylation is 2. The maximum absolute atomic E-state index is 14.0. The van der Waals surface area contributed by atoms with Gasteiger partial charge in [0.1, 0.15) is 29.8 Å². The maximum Gasteiger partial charge on any atom is 0.277 e. The zero-order valence-electron chi connectivity index (χ0n) is 20.7. The van der Waals surface area contributed by atoms with Gasteiger partial charge in [0.05, 0.1) is 18.2 Å². The van der Waals surface area contributed by atoms with Crippen molar-refractivity contribution < 1.29 is 32.7 Å². The molecule has 1 saturated heterocycles. The minimum atomic E-state index is -0.995. The van der Waals surface area contributed by atoms with E-state index in [2.05, 4.69) is 5.16 Å². The number of aromatic hydroxyl groups is 1. The summed E-state index contributed by atoms with van der Waals surface area (Å²) in [5.41, 5.74) is -0.968. The Morgan fingerprint density at radius 3 is 2.74 bits per heavy atom.